The molecule has 3 rings (SSSR count). The van der Waals surface area contributed by atoms with Crippen LogP contribution < -0.4 is 21.9 Å². The van der Waals surface area contributed by atoms with Crippen molar-refractivity contribution in [2.24, 2.45) is 0 Å². The molecule has 0 spiro atoms. The lowest BCUT2D eigenvalue weighted by atomic mass is 10.1. The molecule has 2 aromatic heterocycles. The zero-order valence-electron chi connectivity index (χ0n) is 18.5. The Labute approximate surface area is 194 Å². The van der Waals surface area contributed by atoms with Crippen LogP contribution in [0.5, 0.6) is 0 Å². The first kappa shape index (κ1) is 24.1. The summed E-state index contributed by atoms with van der Waals surface area (Å²) >= 11 is 1.37. The SMILES string of the molecule is COCCN(C(=O)CCC(=O)c1ccc(C)s1)c1c(N)n(Cc2ccccc2)c(=O)[nH]c1=O. The second-order valence-electron chi connectivity index (χ2n) is 7.44. The number of nitrogen functional groups attached to an aromatic ring is 1. The molecule has 0 aliphatic heterocycles. The minimum absolute atomic E-state index is 0.0102. The van der Waals surface area contributed by atoms with Gasteiger partial charge in [-0.1, -0.05) is 30.3 Å². The number of aromatic amines is 1. The minimum atomic E-state index is -0.772. The van der Waals surface area contributed by atoms with Gasteiger partial charge in [-0.15, -0.1) is 11.3 Å². The summed E-state index contributed by atoms with van der Waals surface area (Å²) in [6.07, 6.45) is -0.125. The number of hydrogen-bond acceptors (Lipinski definition) is 7. The van der Waals surface area contributed by atoms with Crippen molar-refractivity contribution in [3.8, 4) is 0 Å². The molecule has 0 atom stereocenters. The van der Waals surface area contributed by atoms with E-state index in [1.807, 2.05) is 43.3 Å². The smallest absolute Gasteiger partial charge is 0.330 e. The molecule has 2 heterocycles. The second-order valence-corrected chi connectivity index (χ2v) is 8.72. The molecular formula is C23H26N4O5S. The van der Waals surface area contributed by atoms with Crippen molar-refractivity contribution in [2.75, 3.05) is 30.9 Å². The van der Waals surface area contributed by atoms with Crippen LogP contribution in [-0.4, -0.2) is 41.5 Å². The maximum atomic E-state index is 13.1. The third-order valence-electron chi connectivity index (χ3n) is 5.07. The normalized spacial score (nSPS) is 10.8. The van der Waals surface area contributed by atoms with Crippen LogP contribution >= 0.6 is 11.3 Å². The van der Waals surface area contributed by atoms with Crippen LogP contribution in [0.3, 0.4) is 0 Å². The van der Waals surface area contributed by atoms with Gasteiger partial charge in [-0.3, -0.25) is 23.9 Å². The van der Waals surface area contributed by atoms with E-state index in [4.69, 9.17) is 10.5 Å². The molecule has 9 nitrogen and oxygen atoms in total. The van der Waals surface area contributed by atoms with E-state index in [0.717, 1.165) is 10.4 Å². The first-order chi connectivity index (χ1) is 15.8. The first-order valence-corrected chi connectivity index (χ1v) is 11.2. The standard InChI is InChI=1S/C23H26N4O5S/c1-15-8-10-18(33-15)17(28)9-11-19(29)26(12-13-32-2)20-21(24)27(23(31)25-22(20)30)14-16-6-4-3-5-7-16/h3-8,10H,9,11-14,24H2,1-2H3,(H,25,30,31). The minimum Gasteiger partial charge on any atom is -0.383 e. The van der Waals surface area contributed by atoms with E-state index in [1.165, 1.54) is 27.9 Å². The highest BCUT2D eigenvalue weighted by Gasteiger charge is 2.25. The van der Waals surface area contributed by atoms with Crippen LogP contribution in [0.2, 0.25) is 0 Å². The molecule has 0 radical (unpaired) electrons. The van der Waals surface area contributed by atoms with Gasteiger partial charge in [-0.25, -0.2) is 4.79 Å². The number of nitrogens with two attached hydrogens (primary N) is 1. The van der Waals surface area contributed by atoms with Crippen molar-refractivity contribution in [1.29, 1.82) is 0 Å². The zero-order chi connectivity index (χ0) is 24.0. The largest absolute Gasteiger partial charge is 0.383 e. The van der Waals surface area contributed by atoms with E-state index in [9.17, 15) is 19.2 Å². The van der Waals surface area contributed by atoms with Gasteiger partial charge in [0.25, 0.3) is 5.56 Å². The fraction of sp³-hybridized carbons (Fsp3) is 0.304. The highest BCUT2D eigenvalue weighted by molar-refractivity contribution is 7.14. The predicted molar refractivity (Wildman–Crippen MR) is 128 cm³/mol. The molecule has 3 N–H and O–H groups in total. The molecule has 0 aliphatic rings. The van der Waals surface area contributed by atoms with Crippen LogP contribution in [0, 0.1) is 6.92 Å². The number of methoxy groups -OCH3 is 1. The van der Waals surface area contributed by atoms with Crippen molar-refractivity contribution < 1.29 is 14.3 Å². The lowest BCUT2D eigenvalue weighted by Gasteiger charge is -2.24. The number of benzene rings is 1. The average molecular weight is 471 g/mol. The van der Waals surface area contributed by atoms with Gasteiger partial charge in [-0.05, 0) is 24.6 Å². The highest BCUT2D eigenvalue weighted by atomic mass is 32.1. The number of anilines is 2. The molecule has 0 saturated carbocycles. The predicted octanol–water partition coefficient (Wildman–Crippen LogP) is 2.18. The summed E-state index contributed by atoms with van der Waals surface area (Å²) in [7, 11) is 1.47. The fourth-order valence-corrected chi connectivity index (χ4v) is 4.20. The van der Waals surface area contributed by atoms with Crippen LogP contribution in [0.4, 0.5) is 11.5 Å². The van der Waals surface area contributed by atoms with Crippen molar-refractivity contribution in [3.05, 3.63) is 78.6 Å². The van der Waals surface area contributed by atoms with Gasteiger partial charge in [0.2, 0.25) is 5.91 Å². The fourth-order valence-electron chi connectivity index (χ4n) is 3.37. The topological polar surface area (TPSA) is 127 Å². The van der Waals surface area contributed by atoms with E-state index in [-0.39, 0.29) is 49.8 Å². The molecule has 0 fully saturated rings. The average Bonchev–Trinajstić information content (AvgIpc) is 3.24. The Morgan fingerprint density at radius 1 is 1.12 bits per heavy atom. The van der Waals surface area contributed by atoms with Gasteiger partial charge in [0.15, 0.2) is 11.5 Å². The molecule has 0 unspecified atom stereocenters. The van der Waals surface area contributed by atoms with E-state index >= 15 is 0 Å². The summed E-state index contributed by atoms with van der Waals surface area (Å²) in [5, 5.41) is 0. The van der Waals surface area contributed by atoms with E-state index in [2.05, 4.69) is 4.98 Å². The quantitative estimate of drug-likeness (QED) is 0.437. The van der Waals surface area contributed by atoms with Crippen LogP contribution in [0.15, 0.2) is 52.1 Å². The zero-order valence-corrected chi connectivity index (χ0v) is 19.3. The number of aryl methyl sites for hydroxylation is 1. The molecular weight excluding hydrogens is 444 g/mol. The second kappa shape index (κ2) is 10.9. The van der Waals surface area contributed by atoms with Gasteiger partial charge >= 0.3 is 5.69 Å². The molecule has 3 aromatic rings. The number of carbonyl (C=O) groups is 2. The Kier molecular flexibility index (Phi) is 7.96. The number of thiophene rings is 1. The molecule has 10 heteroatoms. The van der Waals surface area contributed by atoms with Gasteiger partial charge < -0.3 is 15.4 Å². The van der Waals surface area contributed by atoms with E-state index < -0.39 is 17.2 Å². The van der Waals surface area contributed by atoms with Crippen molar-refractivity contribution in [2.45, 2.75) is 26.3 Å². The molecule has 174 valence electrons. The number of ketones is 1. The lowest BCUT2D eigenvalue weighted by Crippen LogP contribution is -2.42. The molecule has 0 bridgehead atoms. The monoisotopic (exact) mass is 470 g/mol. The number of nitrogens with one attached hydrogen (secondary N) is 1. The molecule has 33 heavy (non-hydrogen) atoms. The van der Waals surface area contributed by atoms with Gasteiger partial charge in [0, 0.05) is 31.4 Å². The summed E-state index contributed by atoms with van der Waals surface area (Å²) in [6, 6.07) is 12.7. The van der Waals surface area contributed by atoms with Crippen molar-refractivity contribution in [3.63, 3.8) is 0 Å². The Balaban J connectivity index is 1.90. The molecule has 0 saturated heterocycles. The van der Waals surface area contributed by atoms with Gasteiger partial charge in [-0.2, -0.15) is 0 Å². The number of rotatable bonds is 10. The number of hydrogen-bond donors (Lipinski definition) is 2. The summed E-state index contributed by atoms with van der Waals surface area (Å²) in [5.41, 5.74) is 5.46. The van der Waals surface area contributed by atoms with Crippen LogP contribution in [0.1, 0.15) is 33.0 Å². The molecule has 0 aliphatic carbocycles. The van der Waals surface area contributed by atoms with Crippen molar-refractivity contribution >= 4 is 34.5 Å². The number of nitrogens with zero attached hydrogens (tertiary/aromatic N) is 2. The first-order valence-electron chi connectivity index (χ1n) is 10.4. The lowest BCUT2D eigenvalue weighted by molar-refractivity contribution is -0.118. The third-order valence-corrected chi connectivity index (χ3v) is 6.11. The maximum absolute atomic E-state index is 13.1. The Morgan fingerprint density at radius 2 is 1.85 bits per heavy atom. The number of amides is 1. The van der Waals surface area contributed by atoms with Crippen LogP contribution in [-0.2, 0) is 16.1 Å². The van der Waals surface area contributed by atoms with Gasteiger partial charge in [0.05, 0.1) is 18.0 Å². The summed E-state index contributed by atoms with van der Waals surface area (Å²) < 4.78 is 6.30. The maximum Gasteiger partial charge on any atom is 0.330 e. The Morgan fingerprint density at radius 3 is 2.48 bits per heavy atom. The number of aromatic nitrogens is 2. The summed E-state index contributed by atoms with van der Waals surface area (Å²) in [5.74, 6) is -0.739. The molecule has 1 aromatic carbocycles. The Hall–Kier alpha value is -3.50. The third kappa shape index (κ3) is 5.85. The number of carbonyl (C=O) groups excluding carboxylic acids is 2. The van der Waals surface area contributed by atoms with E-state index in [0.29, 0.717) is 4.88 Å². The highest BCUT2D eigenvalue weighted by Crippen LogP contribution is 2.21. The van der Waals surface area contributed by atoms with Crippen LogP contribution in [0.25, 0.3) is 0 Å². The number of Topliss-reactive ketones (excluding diaryl/α,β-unsaturated/α-hetero) is 1. The van der Waals surface area contributed by atoms with E-state index in [1.54, 1.807) is 6.07 Å². The summed E-state index contributed by atoms with van der Waals surface area (Å²) in [6.45, 7) is 2.20. The van der Waals surface area contributed by atoms with Gasteiger partial charge in [0.1, 0.15) is 5.82 Å². The Bertz CT molecular complexity index is 1250. The van der Waals surface area contributed by atoms with Crippen molar-refractivity contribution in [1.82, 2.24) is 9.55 Å². The molecule has 1 amide bonds. The number of H-pyrrole nitrogens is 1. The number of ether oxygens (including phenoxy) is 1. The summed E-state index contributed by atoms with van der Waals surface area (Å²) in [4.78, 5) is 55.7.